The Balaban J connectivity index is 1.34. The van der Waals surface area contributed by atoms with E-state index in [-0.39, 0.29) is 44.9 Å². The molecule has 1 aromatic rings. The van der Waals surface area contributed by atoms with Crippen LogP contribution in [0.4, 0.5) is 8.78 Å². The molecule has 7 nitrogen and oxygen atoms in total. The Labute approximate surface area is 215 Å². The molecule has 0 radical (unpaired) electrons. The molecule has 0 amide bonds. The van der Waals surface area contributed by atoms with Crippen molar-refractivity contribution < 1.29 is 32.8 Å². The van der Waals surface area contributed by atoms with Crippen molar-refractivity contribution in [2.45, 2.75) is 82.3 Å². The summed E-state index contributed by atoms with van der Waals surface area (Å²) >= 11 is 0. The van der Waals surface area contributed by atoms with Gasteiger partial charge in [0, 0.05) is 16.7 Å². The zero-order valence-corrected chi connectivity index (χ0v) is 21.7. The fourth-order valence-electron chi connectivity index (χ4n) is 9.90. The van der Waals surface area contributed by atoms with Crippen LogP contribution in [0.5, 0.6) is 0 Å². The second-order valence-corrected chi connectivity index (χ2v) is 12.6. The van der Waals surface area contributed by atoms with Gasteiger partial charge in [-0.3, -0.25) is 4.68 Å². The highest BCUT2D eigenvalue weighted by atomic mass is 19.1. The lowest BCUT2D eigenvalue weighted by Gasteiger charge is -2.64. The summed E-state index contributed by atoms with van der Waals surface area (Å²) in [5.41, 5.74) is -2.70. The number of rotatable bonds is 2. The van der Waals surface area contributed by atoms with E-state index in [1.54, 1.807) is 30.0 Å². The van der Waals surface area contributed by atoms with E-state index in [9.17, 15) is 5.11 Å². The standard InChI is InChI=1S/C28H36F2N2O5/c1-5-6-32-22-9-20-21(29)8-19-18-7-16(2)28(26(36-15-37-28)13-34-14-35-26)25(18,4)11-23(33)27(19,30)24(20,3)10-17(22)12-31-32/h5,9,12,16,18-19,21,23,33H,1,6-8,10-11,13-15H2,2-4H3/t16-,18-,19-,21-,23-,24-,25-,26?,27-,28+/m0/s1. The molecule has 9 heteroatoms. The Morgan fingerprint density at radius 3 is 2.73 bits per heavy atom. The smallest absolute Gasteiger partial charge is 0.227 e. The minimum atomic E-state index is -2.01. The first-order chi connectivity index (χ1) is 17.6. The molecule has 3 heterocycles. The molecule has 0 aromatic carbocycles. The average Bonchev–Trinajstić information content (AvgIpc) is 3.62. The Hall–Kier alpha value is -1.65. The number of allylic oxidation sites excluding steroid dienone is 2. The minimum Gasteiger partial charge on any atom is -0.390 e. The number of hydrogen-bond donors (Lipinski definition) is 1. The maximum Gasteiger partial charge on any atom is 0.227 e. The number of halogens is 2. The third-order valence-electron chi connectivity index (χ3n) is 11.3. The van der Waals surface area contributed by atoms with E-state index in [4.69, 9.17) is 18.9 Å². The molecular formula is C28H36F2N2O5. The van der Waals surface area contributed by atoms with Crippen LogP contribution in [0.3, 0.4) is 0 Å². The van der Waals surface area contributed by atoms with Gasteiger partial charge in [0.25, 0.3) is 0 Å². The summed E-state index contributed by atoms with van der Waals surface area (Å²) in [6.07, 6.45) is 3.76. The van der Waals surface area contributed by atoms with Crippen LogP contribution in [-0.4, -0.2) is 64.4 Å². The molecule has 7 rings (SSSR count). The van der Waals surface area contributed by atoms with Crippen molar-refractivity contribution in [1.82, 2.24) is 9.78 Å². The van der Waals surface area contributed by atoms with Gasteiger partial charge in [-0.05, 0) is 54.7 Å². The number of aromatic nitrogens is 2. The van der Waals surface area contributed by atoms with E-state index >= 15 is 8.78 Å². The number of alkyl halides is 2. The van der Waals surface area contributed by atoms with Crippen molar-refractivity contribution in [3.8, 4) is 0 Å². The Morgan fingerprint density at radius 1 is 1.22 bits per heavy atom. The third kappa shape index (κ3) is 2.57. The van der Waals surface area contributed by atoms with E-state index in [1.165, 1.54) is 0 Å². The van der Waals surface area contributed by atoms with Crippen LogP contribution in [-0.2, 0) is 31.9 Å². The number of hydrogen-bond acceptors (Lipinski definition) is 6. The normalized spacial score (nSPS) is 52.1. The largest absolute Gasteiger partial charge is 0.390 e. The molecule has 4 aliphatic carbocycles. The van der Waals surface area contributed by atoms with Crippen LogP contribution in [0, 0.1) is 28.6 Å². The molecule has 37 heavy (non-hydrogen) atoms. The van der Waals surface area contributed by atoms with Gasteiger partial charge in [0.1, 0.15) is 24.0 Å². The topological polar surface area (TPSA) is 75.0 Å². The number of fused-ring (bicyclic) bond motifs is 8. The lowest BCUT2D eigenvalue weighted by Crippen LogP contribution is -2.73. The van der Waals surface area contributed by atoms with Crippen LogP contribution < -0.4 is 0 Å². The third-order valence-corrected chi connectivity index (χ3v) is 11.3. The first-order valence-electron chi connectivity index (χ1n) is 13.5. The van der Waals surface area contributed by atoms with Crippen LogP contribution >= 0.6 is 0 Å². The molecule has 2 spiro atoms. The van der Waals surface area contributed by atoms with Gasteiger partial charge in [0.2, 0.25) is 5.79 Å². The van der Waals surface area contributed by atoms with Crippen molar-refractivity contribution in [3.63, 3.8) is 0 Å². The number of nitrogens with zero attached hydrogens (tertiary/aromatic N) is 2. The zero-order valence-electron chi connectivity index (χ0n) is 21.7. The molecule has 0 bridgehead atoms. The number of ether oxygens (including phenoxy) is 4. The SMILES string of the molecule is C=CCn1ncc2c1C=C1[C@@H](F)C[C@H]3[C@@H]4C[C@H](C)[C@@]5(OCOC56COCO6)[C@@]4(C)C[C@H](O)[C@]3(F)[C@@]1(C)C2. The molecule has 5 fully saturated rings. The lowest BCUT2D eigenvalue weighted by atomic mass is 9.43. The summed E-state index contributed by atoms with van der Waals surface area (Å²) in [5, 5.41) is 16.3. The van der Waals surface area contributed by atoms with Gasteiger partial charge in [-0.15, -0.1) is 6.58 Å². The molecule has 2 saturated heterocycles. The van der Waals surface area contributed by atoms with E-state index in [0.29, 0.717) is 25.0 Å². The van der Waals surface area contributed by atoms with Crippen LogP contribution in [0.25, 0.3) is 6.08 Å². The quantitative estimate of drug-likeness (QED) is 0.598. The van der Waals surface area contributed by atoms with E-state index in [1.807, 2.05) is 0 Å². The van der Waals surface area contributed by atoms with E-state index in [2.05, 4.69) is 25.5 Å². The Kier molecular flexibility index (Phi) is 4.95. The van der Waals surface area contributed by atoms with Gasteiger partial charge in [-0.25, -0.2) is 8.78 Å². The van der Waals surface area contributed by atoms with Gasteiger partial charge < -0.3 is 24.1 Å². The van der Waals surface area contributed by atoms with Crippen molar-refractivity contribution in [2.24, 2.45) is 28.6 Å². The second-order valence-electron chi connectivity index (χ2n) is 12.6. The molecule has 202 valence electrons. The maximum atomic E-state index is 17.9. The van der Waals surface area contributed by atoms with Crippen LogP contribution in [0.1, 0.15) is 51.3 Å². The summed E-state index contributed by atoms with van der Waals surface area (Å²) in [4.78, 5) is 0. The summed E-state index contributed by atoms with van der Waals surface area (Å²) in [7, 11) is 0. The average molecular weight is 519 g/mol. The number of aliphatic hydroxyl groups excluding tert-OH is 1. The van der Waals surface area contributed by atoms with Gasteiger partial charge in [-0.2, -0.15) is 5.10 Å². The highest BCUT2D eigenvalue weighted by Gasteiger charge is 2.82. The predicted molar refractivity (Wildman–Crippen MR) is 129 cm³/mol. The molecule has 2 aliphatic heterocycles. The van der Waals surface area contributed by atoms with Gasteiger partial charge >= 0.3 is 0 Å². The molecular weight excluding hydrogens is 482 g/mol. The van der Waals surface area contributed by atoms with Crippen molar-refractivity contribution in [1.29, 1.82) is 0 Å². The van der Waals surface area contributed by atoms with Crippen molar-refractivity contribution >= 4 is 6.08 Å². The fraction of sp³-hybridized carbons (Fsp3) is 0.750. The van der Waals surface area contributed by atoms with E-state index < -0.39 is 46.1 Å². The first kappa shape index (κ1) is 24.4. The lowest BCUT2D eigenvalue weighted by molar-refractivity contribution is -0.281. The van der Waals surface area contributed by atoms with Gasteiger partial charge in [0.05, 0.1) is 24.5 Å². The van der Waals surface area contributed by atoms with Crippen molar-refractivity contribution in [3.05, 3.63) is 35.7 Å². The van der Waals surface area contributed by atoms with E-state index in [0.717, 1.165) is 11.3 Å². The van der Waals surface area contributed by atoms with Crippen LogP contribution in [0.15, 0.2) is 24.4 Å². The zero-order chi connectivity index (χ0) is 26.0. The second kappa shape index (κ2) is 7.50. The highest BCUT2D eigenvalue weighted by molar-refractivity contribution is 5.62. The first-order valence-corrected chi connectivity index (χ1v) is 13.5. The maximum absolute atomic E-state index is 17.9. The molecule has 1 unspecified atom stereocenters. The predicted octanol–water partition coefficient (Wildman–Crippen LogP) is 3.95. The molecule has 6 aliphatic rings. The summed E-state index contributed by atoms with van der Waals surface area (Å²) in [5.74, 6) is -2.07. The van der Waals surface area contributed by atoms with Gasteiger partial charge in [0.15, 0.2) is 13.6 Å². The summed E-state index contributed by atoms with van der Waals surface area (Å²) in [6, 6.07) is 0. The van der Waals surface area contributed by atoms with Crippen molar-refractivity contribution in [2.75, 3.05) is 20.2 Å². The fourth-order valence-corrected chi connectivity index (χ4v) is 9.90. The monoisotopic (exact) mass is 518 g/mol. The molecule has 1 N–H and O–H groups in total. The molecule has 1 aromatic heterocycles. The molecule has 3 saturated carbocycles. The highest BCUT2D eigenvalue weighted by Crippen LogP contribution is 2.74. The summed E-state index contributed by atoms with van der Waals surface area (Å²) < 4.78 is 60.1. The number of aliphatic hydroxyl groups is 1. The Morgan fingerprint density at radius 2 is 2.00 bits per heavy atom. The van der Waals surface area contributed by atoms with Crippen LogP contribution in [0.2, 0.25) is 0 Å². The van der Waals surface area contributed by atoms with Gasteiger partial charge in [-0.1, -0.05) is 26.8 Å². The Bertz CT molecular complexity index is 1180. The summed E-state index contributed by atoms with van der Waals surface area (Å²) in [6.45, 7) is 10.6. The molecule has 10 atom stereocenters. The minimum absolute atomic E-state index is 0.0220.